The van der Waals surface area contributed by atoms with Gasteiger partial charge in [-0.05, 0) is 35.9 Å². The number of hydrogen-bond acceptors (Lipinski definition) is 4. The molecule has 0 radical (unpaired) electrons. The van der Waals surface area contributed by atoms with Crippen molar-refractivity contribution in [2.75, 3.05) is 12.4 Å². The lowest BCUT2D eigenvalue weighted by molar-refractivity contribution is 0.102. The van der Waals surface area contributed by atoms with E-state index in [-0.39, 0.29) is 17.6 Å². The molecular weight excluding hydrogens is 504 g/mol. The van der Waals surface area contributed by atoms with Crippen molar-refractivity contribution in [2.24, 2.45) is 0 Å². The van der Waals surface area contributed by atoms with Crippen LogP contribution in [0.3, 0.4) is 0 Å². The predicted octanol–water partition coefficient (Wildman–Crippen LogP) is 5.03. The van der Waals surface area contributed by atoms with E-state index in [9.17, 15) is 27.2 Å². The number of hydrogen-bond donors (Lipinski definition) is 1. The Balaban J connectivity index is 1.56. The number of carbonyl (C=O) groups excluding carboxylic acids is 1. The number of rotatable bonds is 6. The second-order valence-corrected chi connectivity index (χ2v) is 8.22. The van der Waals surface area contributed by atoms with Crippen LogP contribution in [0.2, 0.25) is 0 Å². The minimum atomic E-state index is -1.82. The number of fused-ring (bicyclic) bond motifs is 1. The quantitative estimate of drug-likeness (QED) is 0.251. The summed E-state index contributed by atoms with van der Waals surface area (Å²) in [5.41, 5.74) is -2.93. The lowest BCUT2D eigenvalue weighted by Crippen LogP contribution is -2.26. The number of pyridine rings is 2. The van der Waals surface area contributed by atoms with E-state index in [2.05, 4.69) is 4.98 Å². The van der Waals surface area contributed by atoms with Crippen molar-refractivity contribution in [1.29, 1.82) is 0 Å². The van der Waals surface area contributed by atoms with Gasteiger partial charge in [-0.15, -0.1) is 0 Å². The lowest BCUT2D eigenvalue weighted by atomic mass is 10.0. The topological polar surface area (TPSA) is 77.6 Å². The Morgan fingerprint density at radius 2 is 1.66 bits per heavy atom. The van der Waals surface area contributed by atoms with E-state index in [1.54, 1.807) is 36.4 Å². The molecule has 0 fully saturated rings. The molecule has 0 atom stereocenters. The van der Waals surface area contributed by atoms with Crippen molar-refractivity contribution in [3.05, 3.63) is 118 Å². The van der Waals surface area contributed by atoms with Crippen molar-refractivity contribution in [2.45, 2.75) is 6.54 Å². The van der Waals surface area contributed by atoms with Crippen molar-refractivity contribution in [1.82, 2.24) is 14.2 Å². The number of nitrogens with one attached hydrogen (secondary N) is 1. The average Bonchev–Trinajstić information content (AvgIpc) is 3.22. The third kappa shape index (κ3) is 4.17. The fourth-order valence-corrected chi connectivity index (χ4v) is 4.13. The molecule has 11 heteroatoms. The van der Waals surface area contributed by atoms with E-state index in [1.165, 1.54) is 46.9 Å². The van der Waals surface area contributed by atoms with Gasteiger partial charge in [0.25, 0.3) is 11.5 Å². The van der Waals surface area contributed by atoms with Crippen LogP contribution in [0.1, 0.15) is 15.9 Å². The molecule has 3 aromatic heterocycles. The third-order valence-electron chi connectivity index (χ3n) is 5.97. The van der Waals surface area contributed by atoms with E-state index in [1.807, 2.05) is 5.32 Å². The fraction of sp³-hybridized carbons (Fsp3) is 0.0741. The SMILES string of the molecule is COc1ccc(Cn2c(=O)c(C(=O)Nc3c(F)c(F)c(-c4cccnc4)c(F)c3F)c3ccccn32)cc1. The summed E-state index contributed by atoms with van der Waals surface area (Å²) in [4.78, 5) is 30.1. The molecule has 5 rings (SSSR count). The lowest BCUT2D eigenvalue weighted by Gasteiger charge is -2.12. The zero-order valence-electron chi connectivity index (χ0n) is 19.7. The van der Waals surface area contributed by atoms with Crippen molar-refractivity contribution in [3.8, 4) is 16.9 Å². The molecule has 38 heavy (non-hydrogen) atoms. The zero-order valence-corrected chi connectivity index (χ0v) is 19.7. The second-order valence-electron chi connectivity index (χ2n) is 8.22. The van der Waals surface area contributed by atoms with E-state index in [4.69, 9.17) is 4.74 Å². The Morgan fingerprint density at radius 1 is 0.947 bits per heavy atom. The van der Waals surface area contributed by atoms with Gasteiger partial charge in [0, 0.05) is 24.2 Å². The Morgan fingerprint density at radius 3 is 2.29 bits per heavy atom. The minimum Gasteiger partial charge on any atom is -0.497 e. The number of methoxy groups -OCH3 is 1. The zero-order chi connectivity index (χ0) is 27.0. The normalized spacial score (nSPS) is 11.1. The standard InChI is InChI=1S/C27H18F4N4O3/c1-38-17-9-7-15(8-10-17)14-35-27(37)20(18-6-2-3-12-34(18)35)26(36)33-25-23(30)21(28)19(22(29)24(25)31)16-5-4-11-32-13-16/h2-13H,14H2,1H3,(H,33,36). The minimum absolute atomic E-state index is 0.0487. The van der Waals surface area contributed by atoms with Crippen LogP contribution in [-0.4, -0.2) is 27.2 Å². The summed E-state index contributed by atoms with van der Waals surface area (Å²) >= 11 is 0. The molecule has 0 aliphatic heterocycles. The van der Waals surface area contributed by atoms with Gasteiger partial charge in [0.15, 0.2) is 23.3 Å². The van der Waals surface area contributed by atoms with Crippen LogP contribution >= 0.6 is 0 Å². The van der Waals surface area contributed by atoms with Crippen LogP contribution in [0.5, 0.6) is 5.75 Å². The Kier molecular flexibility index (Phi) is 6.41. The van der Waals surface area contributed by atoms with E-state index in [0.717, 1.165) is 6.20 Å². The van der Waals surface area contributed by atoms with Gasteiger partial charge in [-0.2, -0.15) is 0 Å². The number of carbonyl (C=O) groups is 1. The van der Waals surface area contributed by atoms with Gasteiger partial charge in [-0.25, -0.2) is 22.2 Å². The molecule has 0 aliphatic carbocycles. The van der Waals surface area contributed by atoms with Crippen LogP contribution in [0, 0.1) is 23.3 Å². The molecule has 3 heterocycles. The van der Waals surface area contributed by atoms with Gasteiger partial charge >= 0.3 is 0 Å². The molecular formula is C27H18F4N4O3. The molecule has 0 spiro atoms. The highest BCUT2D eigenvalue weighted by Crippen LogP contribution is 2.34. The summed E-state index contributed by atoms with van der Waals surface area (Å²) in [6.45, 7) is 0.0487. The first kappa shape index (κ1) is 24.8. The van der Waals surface area contributed by atoms with Crippen LogP contribution in [-0.2, 0) is 6.54 Å². The summed E-state index contributed by atoms with van der Waals surface area (Å²) in [6, 6.07) is 14.1. The van der Waals surface area contributed by atoms with Crippen LogP contribution in [0.15, 0.2) is 78.0 Å². The molecule has 1 N–H and O–H groups in total. The average molecular weight is 522 g/mol. The maximum absolute atomic E-state index is 14.9. The van der Waals surface area contributed by atoms with Crippen LogP contribution in [0.4, 0.5) is 23.2 Å². The molecule has 0 saturated carbocycles. The molecule has 2 aromatic carbocycles. The van der Waals surface area contributed by atoms with E-state index < -0.39 is 51.5 Å². The van der Waals surface area contributed by atoms with Crippen LogP contribution < -0.4 is 15.6 Å². The Bertz CT molecular complexity index is 1700. The Hall–Kier alpha value is -4.93. The van der Waals surface area contributed by atoms with Crippen molar-refractivity contribution >= 4 is 17.1 Å². The van der Waals surface area contributed by atoms with Crippen LogP contribution in [0.25, 0.3) is 16.6 Å². The smallest absolute Gasteiger partial charge is 0.280 e. The molecule has 0 aliphatic rings. The first-order chi connectivity index (χ1) is 18.3. The maximum atomic E-state index is 14.9. The third-order valence-corrected chi connectivity index (χ3v) is 5.97. The number of ether oxygens (including phenoxy) is 1. The number of amides is 1. The molecule has 0 bridgehead atoms. The molecule has 0 saturated heterocycles. The molecule has 0 unspecified atom stereocenters. The van der Waals surface area contributed by atoms with Gasteiger partial charge in [0.2, 0.25) is 0 Å². The van der Waals surface area contributed by atoms with Gasteiger partial charge < -0.3 is 10.1 Å². The van der Waals surface area contributed by atoms with E-state index in [0.29, 0.717) is 11.3 Å². The number of aromatic nitrogens is 3. The number of nitrogens with zero attached hydrogens (tertiary/aromatic N) is 3. The summed E-state index contributed by atoms with van der Waals surface area (Å²) in [5, 5.41) is 1.85. The van der Waals surface area contributed by atoms with Gasteiger partial charge in [0.1, 0.15) is 17.0 Å². The fourth-order valence-electron chi connectivity index (χ4n) is 4.13. The molecule has 192 valence electrons. The van der Waals surface area contributed by atoms with Gasteiger partial charge in [0.05, 0.1) is 24.7 Å². The van der Waals surface area contributed by atoms with Crippen molar-refractivity contribution < 1.29 is 27.1 Å². The Labute approximate surface area is 212 Å². The number of anilines is 1. The monoisotopic (exact) mass is 522 g/mol. The summed E-state index contributed by atoms with van der Waals surface area (Å²) in [6.07, 6.45) is 3.89. The maximum Gasteiger partial charge on any atom is 0.280 e. The highest BCUT2D eigenvalue weighted by molar-refractivity contribution is 6.09. The second kappa shape index (κ2) is 9.85. The van der Waals surface area contributed by atoms with Crippen molar-refractivity contribution in [3.63, 3.8) is 0 Å². The number of benzene rings is 2. The largest absolute Gasteiger partial charge is 0.497 e. The molecule has 5 aromatic rings. The first-order valence-corrected chi connectivity index (χ1v) is 11.2. The highest BCUT2D eigenvalue weighted by atomic mass is 19.2. The van der Waals surface area contributed by atoms with E-state index >= 15 is 0 Å². The first-order valence-electron chi connectivity index (χ1n) is 11.2. The van der Waals surface area contributed by atoms with Gasteiger partial charge in [-0.1, -0.05) is 24.3 Å². The predicted molar refractivity (Wildman–Crippen MR) is 131 cm³/mol. The summed E-state index contributed by atoms with van der Waals surface area (Å²) in [5.74, 6) is -7.70. The molecule has 1 amide bonds. The van der Waals surface area contributed by atoms with Gasteiger partial charge in [-0.3, -0.25) is 19.1 Å². The summed E-state index contributed by atoms with van der Waals surface area (Å²) < 4.78 is 67.3. The highest BCUT2D eigenvalue weighted by Gasteiger charge is 2.29. The number of halogens is 4. The summed E-state index contributed by atoms with van der Waals surface area (Å²) in [7, 11) is 1.51. The molecule has 7 nitrogen and oxygen atoms in total.